The van der Waals surface area contributed by atoms with Crippen molar-refractivity contribution in [1.82, 2.24) is 10.6 Å². The quantitative estimate of drug-likeness (QED) is 0.392. The molecule has 25 heavy (non-hydrogen) atoms. The SMILES string of the molecule is CN=C(NCCCOC(C)C)NCc1cc(F)ccc1CS(C)(=O)=O. The lowest BCUT2D eigenvalue weighted by Crippen LogP contribution is -2.37. The number of sulfone groups is 1. The van der Waals surface area contributed by atoms with Crippen LogP contribution in [0.15, 0.2) is 23.2 Å². The second-order valence-corrected chi connectivity index (χ2v) is 8.25. The molecule has 0 saturated carbocycles. The van der Waals surface area contributed by atoms with E-state index in [1.807, 2.05) is 13.8 Å². The van der Waals surface area contributed by atoms with E-state index in [1.54, 1.807) is 7.05 Å². The molecular weight excluding hydrogens is 345 g/mol. The van der Waals surface area contributed by atoms with Crippen LogP contribution < -0.4 is 10.6 Å². The number of aliphatic imine (C=N–C) groups is 1. The van der Waals surface area contributed by atoms with Crippen molar-refractivity contribution in [2.75, 3.05) is 26.5 Å². The molecule has 0 spiro atoms. The number of halogens is 1. The smallest absolute Gasteiger partial charge is 0.191 e. The van der Waals surface area contributed by atoms with Gasteiger partial charge in [0.25, 0.3) is 0 Å². The predicted octanol–water partition coefficient (Wildman–Crippen LogP) is 1.85. The molecule has 0 aliphatic heterocycles. The highest BCUT2D eigenvalue weighted by molar-refractivity contribution is 7.89. The molecule has 1 aromatic rings. The lowest BCUT2D eigenvalue weighted by atomic mass is 10.1. The van der Waals surface area contributed by atoms with Gasteiger partial charge in [-0.2, -0.15) is 0 Å². The molecule has 1 aromatic carbocycles. The molecule has 142 valence electrons. The third-order valence-electron chi connectivity index (χ3n) is 3.32. The van der Waals surface area contributed by atoms with Crippen LogP contribution in [0.3, 0.4) is 0 Å². The van der Waals surface area contributed by atoms with Crippen molar-refractivity contribution in [3.05, 3.63) is 35.1 Å². The van der Waals surface area contributed by atoms with Crippen LogP contribution >= 0.6 is 0 Å². The summed E-state index contributed by atoms with van der Waals surface area (Å²) in [6.07, 6.45) is 2.20. The first kappa shape index (κ1) is 21.4. The predicted molar refractivity (Wildman–Crippen MR) is 98.9 cm³/mol. The minimum Gasteiger partial charge on any atom is -0.379 e. The zero-order valence-corrected chi connectivity index (χ0v) is 16.1. The number of hydrogen-bond donors (Lipinski definition) is 2. The summed E-state index contributed by atoms with van der Waals surface area (Å²) in [5.41, 5.74) is 1.17. The molecule has 0 aliphatic rings. The minimum absolute atomic E-state index is 0.122. The molecule has 0 saturated heterocycles. The average Bonchev–Trinajstić information content (AvgIpc) is 2.50. The van der Waals surface area contributed by atoms with Crippen LogP contribution in [-0.4, -0.2) is 46.9 Å². The molecular formula is C17H28FN3O3S. The van der Waals surface area contributed by atoms with E-state index < -0.39 is 15.7 Å². The lowest BCUT2D eigenvalue weighted by molar-refractivity contribution is 0.0776. The summed E-state index contributed by atoms with van der Waals surface area (Å²) >= 11 is 0. The number of benzene rings is 1. The number of nitrogens with zero attached hydrogens (tertiary/aromatic N) is 1. The first-order valence-corrected chi connectivity index (χ1v) is 10.3. The second kappa shape index (κ2) is 10.4. The molecule has 0 aromatic heterocycles. The Morgan fingerprint density at radius 3 is 2.60 bits per heavy atom. The van der Waals surface area contributed by atoms with Gasteiger partial charge in [0.15, 0.2) is 15.8 Å². The van der Waals surface area contributed by atoms with Crippen molar-refractivity contribution in [1.29, 1.82) is 0 Å². The number of guanidine groups is 1. The van der Waals surface area contributed by atoms with Crippen LogP contribution in [-0.2, 0) is 26.9 Å². The van der Waals surface area contributed by atoms with Gasteiger partial charge < -0.3 is 15.4 Å². The fraction of sp³-hybridized carbons (Fsp3) is 0.588. The van der Waals surface area contributed by atoms with E-state index in [4.69, 9.17) is 4.74 Å². The third kappa shape index (κ3) is 9.40. The second-order valence-electron chi connectivity index (χ2n) is 6.11. The summed E-state index contributed by atoms with van der Waals surface area (Å²) in [7, 11) is -1.55. The maximum atomic E-state index is 13.5. The first-order chi connectivity index (χ1) is 11.7. The van der Waals surface area contributed by atoms with Crippen LogP contribution in [0.1, 0.15) is 31.4 Å². The average molecular weight is 373 g/mol. The van der Waals surface area contributed by atoms with Gasteiger partial charge in [-0.05, 0) is 43.5 Å². The van der Waals surface area contributed by atoms with E-state index in [9.17, 15) is 12.8 Å². The Labute approximate surface area is 149 Å². The molecule has 2 N–H and O–H groups in total. The largest absolute Gasteiger partial charge is 0.379 e. The summed E-state index contributed by atoms with van der Waals surface area (Å²) in [6.45, 7) is 5.60. The van der Waals surface area contributed by atoms with Crippen molar-refractivity contribution in [3.63, 3.8) is 0 Å². The van der Waals surface area contributed by atoms with Gasteiger partial charge in [-0.3, -0.25) is 4.99 Å². The monoisotopic (exact) mass is 373 g/mol. The van der Waals surface area contributed by atoms with E-state index in [0.717, 1.165) is 12.7 Å². The highest BCUT2D eigenvalue weighted by atomic mass is 32.2. The van der Waals surface area contributed by atoms with Crippen molar-refractivity contribution >= 4 is 15.8 Å². The first-order valence-electron chi connectivity index (χ1n) is 8.22. The van der Waals surface area contributed by atoms with Gasteiger partial charge in [-0.1, -0.05) is 6.07 Å². The summed E-state index contributed by atoms with van der Waals surface area (Å²) in [6, 6.07) is 4.12. The molecule has 1 rings (SSSR count). The van der Waals surface area contributed by atoms with Gasteiger partial charge in [0.1, 0.15) is 5.82 Å². The molecule has 0 amide bonds. The Bertz CT molecular complexity index is 676. The fourth-order valence-corrected chi connectivity index (χ4v) is 3.03. The van der Waals surface area contributed by atoms with Crippen LogP contribution in [0.4, 0.5) is 4.39 Å². The molecule has 6 nitrogen and oxygen atoms in total. The van der Waals surface area contributed by atoms with Crippen LogP contribution in [0.25, 0.3) is 0 Å². The minimum atomic E-state index is -3.19. The van der Waals surface area contributed by atoms with E-state index in [2.05, 4.69) is 15.6 Å². The Balaban J connectivity index is 2.58. The van der Waals surface area contributed by atoms with Gasteiger partial charge in [0.2, 0.25) is 0 Å². The molecule has 0 atom stereocenters. The highest BCUT2D eigenvalue weighted by Crippen LogP contribution is 2.14. The summed E-state index contributed by atoms with van der Waals surface area (Å²) in [4.78, 5) is 4.10. The van der Waals surface area contributed by atoms with E-state index >= 15 is 0 Å². The van der Waals surface area contributed by atoms with Crippen LogP contribution in [0.2, 0.25) is 0 Å². The van der Waals surface area contributed by atoms with Crippen molar-refractivity contribution in [3.8, 4) is 0 Å². The number of rotatable bonds is 9. The zero-order valence-electron chi connectivity index (χ0n) is 15.3. The Morgan fingerprint density at radius 2 is 2.00 bits per heavy atom. The molecule has 0 radical (unpaired) electrons. The van der Waals surface area contributed by atoms with Crippen LogP contribution in [0, 0.1) is 5.82 Å². The van der Waals surface area contributed by atoms with Gasteiger partial charge in [0.05, 0.1) is 11.9 Å². The molecule has 0 bridgehead atoms. The maximum Gasteiger partial charge on any atom is 0.191 e. The molecule has 0 unspecified atom stereocenters. The van der Waals surface area contributed by atoms with Crippen molar-refractivity contribution in [2.45, 2.75) is 38.7 Å². The van der Waals surface area contributed by atoms with Crippen molar-refractivity contribution in [2.24, 2.45) is 4.99 Å². The fourth-order valence-electron chi connectivity index (χ4n) is 2.18. The normalized spacial score (nSPS) is 12.5. The maximum absolute atomic E-state index is 13.5. The molecule has 0 aliphatic carbocycles. The summed E-state index contributed by atoms with van der Waals surface area (Å²) in [5, 5.41) is 6.22. The topological polar surface area (TPSA) is 79.8 Å². The zero-order chi connectivity index (χ0) is 18.9. The number of ether oxygens (including phenoxy) is 1. The molecule has 0 fully saturated rings. The lowest BCUT2D eigenvalue weighted by Gasteiger charge is -2.14. The Kier molecular flexibility index (Phi) is 8.85. The summed E-state index contributed by atoms with van der Waals surface area (Å²) in [5.74, 6) is 0.0463. The Morgan fingerprint density at radius 1 is 1.28 bits per heavy atom. The number of nitrogens with one attached hydrogen (secondary N) is 2. The molecule has 8 heteroatoms. The highest BCUT2D eigenvalue weighted by Gasteiger charge is 2.11. The standard InChI is InChI=1S/C17H28FN3O3S/c1-13(2)24-9-5-8-20-17(19-3)21-11-15-10-16(18)7-6-14(15)12-25(4,22)23/h6-7,10,13H,5,8-9,11-12H2,1-4H3,(H2,19,20,21). The molecule has 0 heterocycles. The van der Waals surface area contributed by atoms with E-state index in [0.29, 0.717) is 30.2 Å². The van der Waals surface area contributed by atoms with Crippen molar-refractivity contribution < 1.29 is 17.5 Å². The summed E-state index contributed by atoms with van der Waals surface area (Å²) < 4.78 is 42.0. The van der Waals surface area contributed by atoms with Gasteiger partial charge in [-0.15, -0.1) is 0 Å². The Hall–Kier alpha value is -1.67. The van der Waals surface area contributed by atoms with Gasteiger partial charge in [0, 0.05) is 33.0 Å². The van der Waals surface area contributed by atoms with Crippen LogP contribution in [0.5, 0.6) is 0 Å². The van der Waals surface area contributed by atoms with Gasteiger partial charge >= 0.3 is 0 Å². The van der Waals surface area contributed by atoms with E-state index in [-0.39, 0.29) is 18.4 Å². The number of hydrogen-bond acceptors (Lipinski definition) is 4. The van der Waals surface area contributed by atoms with Gasteiger partial charge in [-0.25, -0.2) is 12.8 Å². The van der Waals surface area contributed by atoms with E-state index in [1.165, 1.54) is 18.2 Å². The third-order valence-corrected chi connectivity index (χ3v) is 4.16.